The molecule has 1 aromatic heterocycles. The molecule has 0 saturated carbocycles. The van der Waals surface area contributed by atoms with Gasteiger partial charge in [0.25, 0.3) is 5.91 Å². The minimum Gasteiger partial charge on any atom is -0.346 e. The van der Waals surface area contributed by atoms with Crippen LogP contribution in [0, 0.1) is 5.92 Å². The lowest BCUT2D eigenvalue weighted by Gasteiger charge is -2.15. The van der Waals surface area contributed by atoms with E-state index in [0.29, 0.717) is 17.1 Å². The highest BCUT2D eigenvalue weighted by molar-refractivity contribution is 6.05. The fourth-order valence-corrected chi connectivity index (χ4v) is 2.16. The predicted molar refractivity (Wildman–Crippen MR) is 103 cm³/mol. The van der Waals surface area contributed by atoms with E-state index in [1.807, 2.05) is 13.8 Å². The second-order valence-electron chi connectivity index (χ2n) is 6.29. The van der Waals surface area contributed by atoms with E-state index < -0.39 is 11.9 Å². The Hall–Kier alpha value is -3.26. The standard InChI is InChI=1S/C19H23N5O3/c1-12(2)17(20)19(27)22-11-16(25)23-14-7-5-6-13(10-14)18(26)24-15-8-3-4-9-21-15/h3-10,12,17H,11,20H2,1-2H3,(H,22,27)(H,23,25)(H,21,24,26)/t17-/m0/s1. The lowest BCUT2D eigenvalue weighted by molar-refractivity contribution is -0.125. The first kappa shape index (κ1) is 20.1. The highest BCUT2D eigenvalue weighted by atomic mass is 16.2. The summed E-state index contributed by atoms with van der Waals surface area (Å²) in [6.07, 6.45) is 1.58. The van der Waals surface area contributed by atoms with Crippen molar-refractivity contribution >= 4 is 29.2 Å². The molecule has 0 radical (unpaired) electrons. The molecule has 142 valence electrons. The molecule has 0 aliphatic rings. The van der Waals surface area contributed by atoms with Crippen LogP contribution in [0.2, 0.25) is 0 Å². The molecule has 27 heavy (non-hydrogen) atoms. The number of carbonyl (C=O) groups excluding carboxylic acids is 3. The first-order valence-corrected chi connectivity index (χ1v) is 8.52. The average molecular weight is 369 g/mol. The zero-order valence-corrected chi connectivity index (χ0v) is 15.2. The van der Waals surface area contributed by atoms with E-state index >= 15 is 0 Å². The summed E-state index contributed by atoms with van der Waals surface area (Å²) in [5.41, 5.74) is 6.53. The lowest BCUT2D eigenvalue weighted by atomic mass is 10.1. The maximum absolute atomic E-state index is 12.3. The number of anilines is 2. The molecule has 2 rings (SSSR count). The Labute approximate surface area is 157 Å². The van der Waals surface area contributed by atoms with E-state index in [1.54, 1.807) is 42.6 Å². The summed E-state index contributed by atoms with van der Waals surface area (Å²) in [6, 6.07) is 11.0. The molecule has 0 aliphatic carbocycles. The first-order chi connectivity index (χ1) is 12.9. The number of rotatable bonds is 7. The molecule has 1 aromatic carbocycles. The SMILES string of the molecule is CC(C)[C@H](N)C(=O)NCC(=O)Nc1cccc(C(=O)Nc2ccccn2)c1. The van der Waals surface area contributed by atoms with Gasteiger partial charge in [0, 0.05) is 17.4 Å². The van der Waals surface area contributed by atoms with Gasteiger partial charge in [-0.2, -0.15) is 0 Å². The zero-order chi connectivity index (χ0) is 19.8. The third kappa shape index (κ3) is 6.19. The Kier molecular flexibility index (Phi) is 7.01. The Morgan fingerprint density at radius 2 is 1.85 bits per heavy atom. The predicted octanol–water partition coefficient (Wildman–Crippen LogP) is 1.37. The number of amides is 3. The second kappa shape index (κ2) is 9.44. The molecule has 8 heteroatoms. The van der Waals surface area contributed by atoms with E-state index in [-0.39, 0.29) is 24.3 Å². The van der Waals surface area contributed by atoms with Crippen LogP contribution in [0.15, 0.2) is 48.7 Å². The molecule has 0 unspecified atom stereocenters. The van der Waals surface area contributed by atoms with Crippen LogP contribution in [0.4, 0.5) is 11.5 Å². The van der Waals surface area contributed by atoms with Crippen molar-refractivity contribution in [2.45, 2.75) is 19.9 Å². The third-order valence-corrected chi connectivity index (χ3v) is 3.76. The third-order valence-electron chi connectivity index (χ3n) is 3.76. The molecule has 2 aromatic rings. The highest BCUT2D eigenvalue weighted by Gasteiger charge is 2.17. The Morgan fingerprint density at radius 3 is 2.52 bits per heavy atom. The highest BCUT2D eigenvalue weighted by Crippen LogP contribution is 2.12. The van der Waals surface area contributed by atoms with Crippen LogP contribution in [0.3, 0.4) is 0 Å². The lowest BCUT2D eigenvalue weighted by Crippen LogP contribution is -2.46. The van der Waals surface area contributed by atoms with Gasteiger partial charge in [-0.05, 0) is 36.2 Å². The van der Waals surface area contributed by atoms with Gasteiger partial charge in [-0.3, -0.25) is 14.4 Å². The zero-order valence-electron chi connectivity index (χ0n) is 15.2. The molecule has 0 saturated heterocycles. The molecule has 0 bridgehead atoms. The van der Waals surface area contributed by atoms with E-state index in [9.17, 15) is 14.4 Å². The summed E-state index contributed by atoms with van der Waals surface area (Å²) in [5, 5.41) is 7.79. The van der Waals surface area contributed by atoms with Crippen molar-refractivity contribution in [3.8, 4) is 0 Å². The Morgan fingerprint density at radius 1 is 1.07 bits per heavy atom. The van der Waals surface area contributed by atoms with Crippen molar-refractivity contribution in [2.24, 2.45) is 11.7 Å². The van der Waals surface area contributed by atoms with Gasteiger partial charge < -0.3 is 21.7 Å². The van der Waals surface area contributed by atoms with E-state index in [0.717, 1.165) is 0 Å². The maximum atomic E-state index is 12.3. The number of aromatic nitrogens is 1. The number of carbonyl (C=O) groups is 3. The number of nitrogens with two attached hydrogens (primary N) is 1. The van der Waals surface area contributed by atoms with E-state index in [1.165, 1.54) is 6.07 Å². The van der Waals surface area contributed by atoms with Crippen molar-refractivity contribution < 1.29 is 14.4 Å². The molecule has 1 heterocycles. The fourth-order valence-electron chi connectivity index (χ4n) is 2.16. The number of pyridine rings is 1. The first-order valence-electron chi connectivity index (χ1n) is 8.52. The normalized spacial score (nSPS) is 11.6. The van der Waals surface area contributed by atoms with Crippen molar-refractivity contribution in [1.29, 1.82) is 0 Å². The van der Waals surface area contributed by atoms with Gasteiger partial charge in [0.15, 0.2) is 0 Å². The van der Waals surface area contributed by atoms with Crippen molar-refractivity contribution in [3.63, 3.8) is 0 Å². The van der Waals surface area contributed by atoms with Crippen molar-refractivity contribution in [1.82, 2.24) is 10.3 Å². The average Bonchev–Trinajstić information content (AvgIpc) is 2.66. The summed E-state index contributed by atoms with van der Waals surface area (Å²) >= 11 is 0. The van der Waals surface area contributed by atoms with Gasteiger partial charge in [-0.15, -0.1) is 0 Å². The summed E-state index contributed by atoms with van der Waals surface area (Å²) < 4.78 is 0. The van der Waals surface area contributed by atoms with Crippen molar-refractivity contribution in [3.05, 3.63) is 54.2 Å². The van der Waals surface area contributed by atoms with Crippen molar-refractivity contribution in [2.75, 3.05) is 17.2 Å². The molecule has 3 amide bonds. The smallest absolute Gasteiger partial charge is 0.256 e. The summed E-state index contributed by atoms with van der Waals surface area (Å²) in [4.78, 5) is 40.1. The van der Waals surface area contributed by atoms with Gasteiger partial charge >= 0.3 is 0 Å². The number of nitrogens with one attached hydrogen (secondary N) is 3. The molecular weight excluding hydrogens is 346 g/mol. The van der Waals surface area contributed by atoms with Crippen LogP contribution < -0.4 is 21.7 Å². The molecule has 0 aliphatic heterocycles. The number of benzene rings is 1. The van der Waals surface area contributed by atoms with Crippen LogP contribution in [0.25, 0.3) is 0 Å². The monoisotopic (exact) mass is 369 g/mol. The fraction of sp³-hybridized carbons (Fsp3) is 0.263. The van der Waals surface area contributed by atoms with Gasteiger partial charge in [0.1, 0.15) is 5.82 Å². The summed E-state index contributed by atoms with van der Waals surface area (Å²) in [5.74, 6) is -0.741. The van der Waals surface area contributed by atoms with E-state index in [4.69, 9.17) is 5.73 Å². The number of nitrogens with zero attached hydrogens (tertiary/aromatic N) is 1. The van der Waals surface area contributed by atoms with Crippen LogP contribution in [0.1, 0.15) is 24.2 Å². The quantitative estimate of drug-likeness (QED) is 0.586. The Bertz CT molecular complexity index is 808. The molecule has 1 atom stereocenters. The topological polar surface area (TPSA) is 126 Å². The molecule has 5 N–H and O–H groups in total. The second-order valence-corrected chi connectivity index (χ2v) is 6.29. The van der Waals surface area contributed by atoms with Gasteiger partial charge in [-0.25, -0.2) is 4.98 Å². The van der Waals surface area contributed by atoms with Crippen LogP contribution in [0.5, 0.6) is 0 Å². The summed E-state index contributed by atoms with van der Waals surface area (Å²) in [6.45, 7) is 3.45. The van der Waals surface area contributed by atoms with Gasteiger partial charge in [0.2, 0.25) is 11.8 Å². The van der Waals surface area contributed by atoms with Gasteiger partial charge in [0.05, 0.1) is 12.6 Å². The molecule has 0 spiro atoms. The molecule has 0 fully saturated rings. The Balaban J connectivity index is 1.92. The van der Waals surface area contributed by atoms with Crippen LogP contribution in [-0.4, -0.2) is 35.3 Å². The number of hydrogen-bond donors (Lipinski definition) is 4. The van der Waals surface area contributed by atoms with Crippen LogP contribution in [-0.2, 0) is 9.59 Å². The van der Waals surface area contributed by atoms with Crippen LogP contribution >= 0.6 is 0 Å². The minimum atomic E-state index is -0.670. The molecule has 8 nitrogen and oxygen atoms in total. The van der Waals surface area contributed by atoms with Gasteiger partial charge in [-0.1, -0.05) is 26.0 Å². The summed E-state index contributed by atoms with van der Waals surface area (Å²) in [7, 11) is 0. The number of hydrogen-bond acceptors (Lipinski definition) is 5. The minimum absolute atomic E-state index is 0.0256. The van der Waals surface area contributed by atoms with E-state index in [2.05, 4.69) is 20.9 Å². The molecular formula is C19H23N5O3. The largest absolute Gasteiger partial charge is 0.346 e. The maximum Gasteiger partial charge on any atom is 0.256 e.